The number of likely N-dealkylation sites (tertiary alicyclic amines) is 2. The van der Waals surface area contributed by atoms with Crippen LogP contribution in [0.3, 0.4) is 0 Å². The van der Waals surface area contributed by atoms with E-state index in [1.54, 1.807) is 26.6 Å². The molecule has 0 saturated carbocycles. The maximum Gasteiger partial charge on any atom is 0.237 e. The lowest BCUT2D eigenvalue weighted by Gasteiger charge is -2.17. The van der Waals surface area contributed by atoms with Crippen LogP contribution in [0.4, 0.5) is 0 Å². The fourth-order valence-electron chi connectivity index (χ4n) is 5.81. The lowest BCUT2D eigenvalue weighted by atomic mass is 9.98. The summed E-state index contributed by atoms with van der Waals surface area (Å²) in [6.07, 6.45) is 4.25. The van der Waals surface area contributed by atoms with Crippen LogP contribution in [0.1, 0.15) is 24.2 Å². The third kappa shape index (κ3) is 6.37. The number of rotatable bonds is 9. The Morgan fingerprint density at radius 3 is 1.48 bits per heavy atom. The van der Waals surface area contributed by atoms with Gasteiger partial charge < -0.3 is 19.7 Å². The summed E-state index contributed by atoms with van der Waals surface area (Å²) in [7, 11) is 3.14. The van der Waals surface area contributed by atoms with Crippen molar-refractivity contribution in [2.24, 2.45) is 0 Å². The Bertz CT molecular complexity index is 1540. The highest BCUT2D eigenvalue weighted by Gasteiger charge is 2.25. The molecule has 6 rings (SSSR count). The minimum atomic E-state index is -0.316. The Balaban J connectivity index is 1.29. The van der Waals surface area contributed by atoms with Crippen LogP contribution in [-0.2, 0) is 13.1 Å². The maximum absolute atomic E-state index is 9.88. The summed E-state index contributed by atoms with van der Waals surface area (Å²) in [5.41, 5.74) is 5.40. The Kier molecular flexibility index (Phi) is 9.27. The number of β-amino-alcohol motifs (C(OH)–C–C–N with tert-alkyl or cyclic N) is 2. The molecule has 2 aliphatic heterocycles. The van der Waals surface area contributed by atoms with Crippen molar-refractivity contribution in [2.75, 3.05) is 40.4 Å². The molecular weight excluding hydrogens is 603 g/mol. The second kappa shape index (κ2) is 13.3. The third-order valence-electron chi connectivity index (χ3n) is 8.09. The van der Waals surface area contributed by atoms with Crippen LogP contribution < -0.4 is 9.47 Å². The molecule has 230 valence electrons. The number of benzene rings is 2. The molecule has 2 N–H and O–H groups in total. The van der Waals surface area contributed by atoms with E-state index in [1.807, 2.05) is 36.4 Å². The fourth-order valence-corrected chi connectivity index (χ4v) is 6.46. The summed E-state index contributed by atoms with van der Waals surface area (Å²) >= 11 is 14.0. The van der Waals surface area contributed by atoms with E-state index in [2.05, 4.69) is 19.8 Å². The van der Waals surface area contributed by atoms with E-state index in [1.165, 1.54) is 0 Å². The number of aromatic nitrogens is 4. The predicted octanol–water partition coefficient (Wildman–Crippen LogP) is 4.72. The minimum Gasteiger partial charge on any atom is -0.480 e. The zero-order valence-electron chi connectivity index (χ0n) is 24.6. The van der Waals surface area contributed by atoms with Crippen LogP contribution in [0, 0.1) is 0 Å². The average Bonchev–Trinajstić information content (AvgIpc) is 3.64. The van der Waals surface area contributed by atoms with Gasteiger partial charge in [0.1, 0.15) is 11.4 Å². The summed E-state index contributed by atoms with van der Waals surface area (Å²) in [6, 6.07) is 11.4. The summed E-state index contributed by atoms with van der Waals surface area (Å²) in [5, 5.41) is 20.7. The first kappa shape index (κ1) is 30.6. The molecule has 2 saturated heterocycles. The van der Waals surface area contributed by atoms with Gasteiger partial charge in [0.15, 0.2) is 0 Å². The average molecular weight is 638 g/mol. The molecule has 0 amide bonds. The van der Waals surface area contributed by atoms with Gasteiger partial charge in [-0.3, -0.25) is 19.8 Å². The summed E-state index contributed by atoms with van der Waals surface area (Å²) in [6.45, 7) is 3.89. The van der Waals surface area contributed by atoms with Gasteiger partial charge in [-0.2, -0.15) is 0 Å². The van der Waals surface area contributed by atoms with Gasteiger partial charge in [0.05, 0.1) is 60.3 Å². The second-order valence-corrected chi connectivity index (χ2v) is 11.9. The number of aliphatic hydroxyl groups excluding tert-OH is 2. The number of ether oxygens (including phenoxy) is 2. The molecule has 4 heterocycles. The van der Waals surface area contributed by atoms with Crippen LogP contribution in [0.5, 0.6) is 11.8 Å². The summed E-state index contributed by atoms with van der Waals surface area (Å²) in [4.78, 5) is 23.0. The van der Waals surface area contributed by atoms with Gasteiger partial charge in [-0.1, -0.05) is 59.6 Å². The molecule has 44 heavy (non-hydrogen) atoms. The van der Waals surface area contributed by atoms with Crippen LogP contribution in [0.2, 0.25) is 10.0 Å². The number of halogens is 2. The number of hydrogen-bond donors (Lipinski definition) is 2. The van der Waals surface area contributed by atoms with Crippen molar-refractivity contribution in [3.05, 3.63) is 70.2 Å². The van der Waals surface area contributed by atoms with E-state index < -0.39 is 0 Å². The molecule has 4 aromatic rings. The highest BCUT2D eigenvalue weighted by Crippen LogP contribution is 2.42. The van der Waals surface area contributed by atoms with Gasteiger partial charge in [0.2, 0.25) is 11.8 Å². The molecule has 2 fully saturated rings. The van der Waals surface area contributed by atoms with E-state index in [4.69, 9.17) is 42.6 Å². The molecule has 2 aliphatic rings. The summed E-state index contributed by atoms with van der Waals surface area (Å²) < 4.78 is 11.2. The smallest absolute Gasteiger partial charge is 0.237 e. The largest absolute Gasteiger partial charge is 0.480 e. The van der Waals surface area contributed by atoms with Crippen molar-refractivity contribution in [1.29, 1.82) is 0 Å². The quantitative estimate of drug-likeness (QED) is 0.267. The van der Waals surface area contributed by atoms with E-state index in [0.717, 1.165) is 37.1 Å². The van der Waals surface area contributed by atoms with Crippen molar-refractivity contribution in [1.82, 2.24) is 29.7 Å². The number of nitrogens with zero attached hydrogens (tertiary/aromatic N) is 6. The van der Waals surface area contributed by atoms with Gasteiger partial charge in [-0.05, 0) is 12.8 Å². The van der Waals surface area contributed by atoms with Gasteiger partial charge >= 0.3 is 0 Å². The standard InChI is InChI=1S/C32H34Cl2N6O4/c1-43-31-27(17-39-11-9-19(41)15-39)35-13-25(37-31)23-7-3-5-21(29(23)33)22-6-4-8-24(30(22)34)26-14-36-28(32(38-26)44-2)18-40-12-10-20(42)16-40/h3-8,13-14,19-20,41-42H,9-12,15-18H2,1-2H3/t19-,20?/m0/s1. The van der Waals surface area contributed by atoms with Crippen molar-refractivity contribution < 1.29 is 19.7 Å². The Morgan fingerprint density at radius 1 is 0.705 bits per heavy atom. The highest BCUT2D eigenvalue weighted by molar-refractivity contribution is 6.39. The lowest BCUT2D eigenvalue weighted by Crippen LogP contribution is -2.22. The Morgan fingerprint density at radius 2 is 1.11 bits per heavy atom. The highest BCUT2D eigenvalue weighted by atomic mass is 35.5. The molecule has 10 nitrogen and oxygen atoms in total. The maximum atomic E-state index is 9.88. The molecule has 0 spiro atoms. The Hall–Kier alpha value is -3.38. The number of aliphatic hydroxyl groups is 2. The first-order valence-electron chi connectivity index (χ1n) is 14.5. The topological polar surface area (TPSA) is 117 Å². The zero-order chi connectivity index (χ0) is 30.8. The first-order chi connectivity index (χ1) is 21.3. The Labute approximate surface area is 266 Å². The second-order valence-electron chi connectivity index (χ2n) is 11.1. The molecule has 1 unspecified atom stereocenters. The molecular formula is C32H34Cl2N6O4. The van der Waals surface area contributed by atoms with E-state index in [0.29, 0.717) is 81.9 Å². The summed E-state index contributed by atoms with van der Waals surface area (Å²) in [5.74, 6) is 0.838. The number of methoxy groups -OCH3 is 2. The first-order valence-corrected chi connectivity index (χ1v) is 15.3. The van der Waals surface area contributed by atoms with Gasteiger partial charge in [-0.25, -0.2) is 9.97 Å². The van der Waals surface area contributed by atoms with E-state index in [9.17, 15) is 10.2 Å². The fraction of sp³-hybridized carbons (Fsp3) is 0.375. The molecule has 0 bridgehead atoms. The van der Waals surface area contributed by atoms with Crippen molar-refractivity contribution in [3.63, 3.8) is 0 Å². The number of hydrogen-bond acceptors (Lipinski definition) is 10. The normalized spacial score (nSPS) is 19.0. The van der Waals surface area contributed by atoms with Crippen LogP contribution in [0.25, 0.3) is 33.6 Å². The molecule has 2 atom stereocenters. The van der Waals surface area contributed by atoms with Crippen molar-refractivity contribution in [3.8, 4) is 45.4 Å². The van der Waals surface area contributed by atoms with Gasteiger partial charge in [0.25, 0.3) is 0 Å². The SMILES string of the molecule is COc1nc(-c2cccc(-c3cccc(-c4cnc(CN5CC[C@H](O)C5)c(OC)n4)c3Cl)c2Cl)cnc1CN1CCC(O)C1. The van der Waals surface area contributed by atoms with Crippen LogP contribution >= 0.6 is 23.2 Å². The van der Waals surface area contributed by atoms with Gasteiger partial charge in [-0.15, -0.1) is 0 Å². The minimum absolute atomic E-state index is 0.316. The van der Waals surface area contributed by atoms with E-state index >= 15 is 0 Å². The van der Waals surface area contributed by atoms with Crippen LogP contribution in [-0.4, -0.2) is 92.6 Å². The zero-order valence-corrected chi connectivity index (χ0v) is 26.1. The third-order valence-corrected chi connectivity index (χ3v) is 8.91. The lowest BCUT2D eigenvalue weighted by molar-refractivity contribution is 0.173. The molecule has 0 radical (unpaired) electrons. The predicted molar refractivity (Wildman–Crippen MR) is 169 cm³/mol. The monoisotopic (exact) mass is 636 g/mol. The molecule has 0 aliphatic carbocycles. The molecule has 2 aromatic heterocycles. The van der Waals surface area contributed by atoms with Gasteiger partial charge in [0, 0.05) is 61.5 Å². The molecule has 12 heteroatoms. The molecule has 2 aromatic carbocycles. The van der Waals surface area contributed by atoms with E-state index in [-0.39, 0.29) is 12.2 Å². The van der Waals surface area contributed by atoms with Crippen molar-refractivity contribution in [2.45, 2.75) is 38.1 Å². The van der Waals surface area contributed by atoms with Crippen molar-refractivity contribution >= 4 is 23.2 Å². The van der Waals surface area contributed by atoms with Crippen LogP contribution in [0.15, 0.2) is 48.8 Å².